The molecule has 1 spiro atoms. The molecule has 0 radical (unpaired) electrons. The molecule has 2 fully saturated rings. The molecule has 2 saturated heterocycles. The molecule has 2 nitrogen and oxygen atoms in total. The Morgan fingerprint density at radius 1 is 1.33 bits per heavy atom. The van der Waals surface area contributed by atoms with Gasteiger partial charge in [0, 0.05) is 0 Å². The standard InChI is InChI=1S/C9H14GeO2/c1-7-4-10(6-9(7)12)3-2-8(11)5-10/h7H,2-6H2,1H3. The number of Topliss-reactive ketones (excluding diaryl/α,β-unsaturated/α-hetero) is 2. The molecule has 0 N–H and O–H groups in total. The van der Waals surface area contributed by atoms with E-state index in [1.54, 1.807) is 0 Å². The Balaban J connectivity index is 2.15. The minimum absolute atomic E-state index is 0.288. The van der Waals surface area contributed by atoms with E-state index in [1.165, 1.54) is 0 Å². The van der Waals surface area contributed by atoms with Crippen LogP contribution >= 0.6 is 0 Å². The second-order valence-corrected chi connectivity index (χ2v) is 14.1. The van der Waals surface area contributed by atoms with Crippen molar-refractivity contribution in [2.45, 2.75) is 34.4 Å². The first-order valence-electron chi connectivity index (χ1n) is 4.66. The second kappa shape index (κ2) is 2.69. The zero-order valence-electron chi connectivity index (χ0n) is 7.43. The van der Waals surface area contributed by atoms with Crippen LogP contribution in [-0.4, -0.2) is 24.8 Å². The second-order valence-electron chi connectivity index (χ2n) is 4.46. The zero-order valence-corrected chi connectivity index (χ0v) is 9.53. The fourth-order valence-electron chi connectivity index (χ4n) is 2.70. The Hall–Kier alpha value is -0.117. The van der Waals surface area contributed by atoms with Crippen LogP contribution in [0.5, 0.6) is 0 Å². The summed E-state index contributed by atoms with van der Waals surface area (Å²) in [7, 11) is 0. The van der Waals surface area contributed by atoms with Gasteiger partial charge < -0.3 is 0 Å². The van der Waals surface area contributed by atoms with Gasteiger partial charge in [-0.3, -0.25) is 0 Å². The number of ketones is 2. The fraction of sp³-hybridized carbons (Fsp3) is 0.778. The van der Waals surface area contributed by atoms with Crippen LogP contribution in [0.15, 0.2) is 0 Å². The number of rotatable bonds is 0. The monoisotopic (exact) mass is 228 g/mol. The Kier molecular flexibility index (Phi) is 1.90. The van der Waals surface area contributed by atoms with E-state index in [1.807, 2.05) is 6.92 Å². The average molecular weight is 227 g/mol. The molecule has 0 aromatic carbocycles. The van der Waals surface area contributed by atoms with E-state index in [2.05, 4.69) is 0 Å². The van der Waals surface area contributed by atoms with Crippen molar-refractivity contribution in [3.05, 3.63) is 0 Å². The molecule has 2 rings (SSSR count). The molecule has 3 heteroatoms. The zero-order chi connectivity index (χ0) is 8.77. The van der Waals surface area contributed by atoms with E-state index in [0.29, 0.717) is 11.6 Å². The van der Waals surface area contributed by atoms with Gasteiger partial charge in [-0.2, -0.15) is 0 Å². The first kappa shape index (κ1) is 8.48. The predicted octanol–water partition coefficient (Wildman–Crippen LogP) is 1.63. The topological polar surface area (TPSA) is 34.1 Å². The maximum atomic E-state index is 11.4. The molecule has 0 bridgehead atoms. The van der Waals surface area contributed by atoms with Gasteiger partial charge in [0.25, 0.3) is 0 Å². The summed E-state index contributed by atoms with van der Waals surface area (Å²) >= 11 is -1.87. The molecule has 0 amide bonds. The third kappa shape index (κ3) is 1.26. The van der Waals surface area contributed by atoms with Gasteiger partial charge in [0.05, 0.1) is 0 Å². The van der Waals surface area contributed by atoms with Gasteiger partial charge in [0.15, 0.2) is 0 Å². The van der Waals surface area contributed by atoms with Gasteiger partial charge in [0.1, 0.15) is 0 Å². The Morgan fingerprint density at radius 2 is 2.08 bits per heavy atom. The van der Waals surface area contributed by atoms with E-state index in [0.717, 1.165) is 27.4 Å². The Bertz CT molecular complexity index is 249. The van der Waals surface area contributed by atoms with Gasteiger partial charge in [0.2, 0.25) is 0 Å². The summed E-state index contributed by atoms with van der Waals surface area (Å²) in [6.45, 7) is 2.03. The molecule has 0 aliphatic carbocycles. The maximum absolute atomic E-state index is 11.4. The molecule has 0 saturated carbocycles. The van der Waals surface area contributed by atoms with Crippen molar-refractivity contribution in [2.75, 3.05) is 0 Å². The van der Waals surface area contributed by atoms with Crippen molar-refractivity contribution in [2.24, 2.45) is 5.92 Å². The molecule has 0 aromatic rings. The fourth-order valence-corrected chi connectivity index (χ4v) is 14.1. The van der Waals surface area contributed by atoms with Crippen LogP contribution < -0.4 is 0 Å². The third-order valence-corrected chi connectivity index (χ3v) is 13.9. The van der Waals surface area contributed by atoms with Crippen LogP contribution in [0.4, 0.5) is 0 Å². The number of carbonyl (C=O) groups excluding carboxylic acids is 2. The van der Waals surface area contributed by atoms with E-state index in [4.69, 9.17) is 0 Å². The summed E-state index contributed by atoms with van der Waals surface area (Å²) < 4.78 is 0. The Labute approximate surface area is 75.1 Å². The van der Waals surface area contributed by atoms with Gasteiger partial charge in [-0.05, 0) is 0 Å². The molecule has 2 aliphatic heterocycles. The van der Waals surface area contributed by atoms with Crippen LogP contribution in [0.25, 0.3) is 0 Å². The Morgan fingerprint density at radius 3 is 2.50 bits per heavy atom. The minimum atomic E-state index is -1.87. The molecule has 2 atom stereocenters. The molecule has 2 unspecified atom stereocenters. The van der Waals surface area contributed by atoms with Gasteiger partial charge in [-0.1, -0.05) is 0 Å². The predicted molar refractivity (Wildman–Crippen MR) is 48.8 cm³/mol. The average Bonchev–Trinajstić information content (AvgIpc) is 2.42. The van der Waals surface area contributed by atoms with E-state index in [9.17, 15) is 9.59 Å². The molecule has 12 heavy (non-hydrogen) atoms. The van der Waals surface area contributed by atoms with E-state index < -0.39 is 13.3 Å². The summed E-state index contributed by atoms with van der Waals surface area (Å²) in [4.78, 5) is 22.5. The van der Waals surface area contributed by atoms with Gasteiger partial charge >= 0.3 is 74.7 Å². The first-order valence-corrected chi connectivity index (χ1v) is 10.6. The third-order valence-electron chi connectivity index (χ3n) is 3.34. The molecular weight excluding hydrogens is 213 g/mol. The SMILES string of the molecule is CC1[CH2][Ge]2([CH2]CC(=O)[CH2]2)[CH2]C1=O. The normalized spacial score (nSPS) is 41.6. The van der Waals surface area contributed by atoms with Crippen molar-refractivity contribution in [1.29, 1.82) is 0 Å². The summed E-state index contributed by atoms with van der Waals surface area (Å²) in [6.07, 6.45) is 0.792. The van der Waals surface area contributed by atoms with Crippen LogP contribution in [-0.2, 0) is 9.59 Å². The number of hydrogen-bond donors (Lipinski definition) is 0. The first-order chi connectivity index (χ1) is 5.61. The molecule has 2 heterocycles. The molecule has 0 aromatic heterocycles. The van der Waals surface area contributed by atoms with Crippen molar-refractivity contribution >= 4 is 24.8 Å². The van der Waals surface area contributed by atoms with Crippen LogP contribution in [0.1, 0.15) is 13.3 Å². The van der Waals surface area contributed by atoms with Crippen molar-refractivity contribution in [1.82, 2.24) is 0 Å². The summed E-state index contributed by atoms with van der Waals surface area (Å²) in [5, 5.41) is 4.00. The van der Waals surface area contributed by atoms with E-state index in [-0.39, 0.29) is 5.92 Å². The van der Waals surface area contributed by atoms with Crippen molar-refractivity contribution < 1.29 is 9.59 Å². The van der Waals surface area contributed by atoms with Crippen LogP contribution in [0.2, 0.25) is 21.0 Å². The van der Waals surface area contributed by atoms with E-state index >= 15 is 0 Å². The van der Waals surface area contributed by atoms with Gasteiger partial charge in [-0.25, -0.2) is 0 Å². The quantitative estimate of drug-likeness (QED) is 0.589. The van der Waals surface area contributed by atoms with Gasteiger partial charge in [-0.15, -0.1) is 0 Å². The number of carbonyl (C=O) groups is 2. The van der Waals surface area contributed by atoms with Crippen molar-refractivity contribution in [3.8, 4) is 0 Å². The van der Waals surface area contributed by atoms with Crippen LogP contribution in [0, 0.1) is 5.92 Å². The summed E-state index contributed by atoms with van der Waals surface area (Å²) in [5.74, 6) is 1.18. The molecular formula is C9H14GeO2. The van der Waals surface area contributed by atoms with Crippen molar-refractivity contribution in [3.63, 3.8) is 0 Å². The molecule has 66 valence electrons. The van der Waals surface area contributed by atoms with Crippen LogP contribution in [0.3, 0.4) is 0 Å². The summed E-state index contributed by atoms with van der Waals surface area (Å²) in [5.41, 5.74) is 0. The number of hydrogen-bond acceptors (Lipinski definition) is 2. The summed E-state index contributed by atoms with van der Waals surface area (Å²) in [6, 6.07) is 0. The molecule has 2 aliphatic rings.